The molecule has 0 saturated carbocycles. The van der Waals surface area contributed by atoms with E-state index in [-0.39, 0.29) is 39.5 Å². The van der Waals surface area contributed by atoms with E-state index >= 15 is 0 Å². The number of halogens is 2. The molecule has 236 valence electrons. The highest BCUT2D eigenvalue weighted by molar-refractivity contribution is 7.92. The van der Waals surface area contributed by atoms with Crippen LogP contribution in [-0.2, 0) is 32.6 Å². The van der Waals surface area contributed by atoms with Gasteiger partial charge < -0.3 is 10.2 Å². The first-order valence-corrected chi connectivity index (χ1v) is 16.9. The predicted molar refractivity (Wildman–Crippen MR) is 181 cm³/mol. The highest BCUT2D eigenvalue weighted by atomic mass is 35.5. The highest BCUT2D eigenvalue weighted by Gasteiger charge is 2.34. The van der Waals surface area contributed by atoms with Crippen LogP contribution in [0, 0.1) is 13.8 Å². The molecule has 4 aromatic rings. The second kappa shape index (κ2) is 15.4. The molecule has 0 spiro atoms. The summed E-state index contributed by atoms with van der Waals surface area (Å²) in [5.41, 5.74) is 3.77. The van der Waals surface area contributed by atoms with Crippen LogP contribution >= 0.6 is 23.2 Å². The fraction of sp³-hybridized carbons (Fsp3) is 0.257. The Morgan fingerprint density at radius 1 is 0.800 bits per heavy atom. The maximum atomic E-state index is 14.5. The summed E-state index contributed by atoms with van der Waals surface area (Å²) < 4.78 is 29.3. The summed E-state index contributed by atoms with van der Waals surface area (Å²) in [6.07, 6.45) is 0.959. The van der Waals surface area contributed by atoms with Crippen LogP contribution in [0.2, 0.25) is 10.0 Å². The Kier molecular flexibility index (Phi) is 11.7. The Morgan fingerprint density at radius 2 is 1.42 bits per heavy atom. The lowest BCUT2D eigenvalue weighted by atomic mass is 10.0. The number of amides is 2. The summed E-state index contributed by atoms with van der Waals surface area (Å²) in [5, 5.41) is 3.33. The van der Waals surface area contributed by atoms with Crippen molar-refractivity contribution in [3.63, 3.8) is 0 Å². The zero-order chi connectivity index (χ0) is 32.6. The quantitative estimate of drug-likeness (QED) is 0.167. The van der Waals surface area contributed by atoms with Gasteiger partial charge in [0.25, 0.3) is 10.0 Å². The number of nitrogens with zero attached hydrogens (tertiary/aromatic N) is 2. The zero-order valence-corrected chi connectivity index (χ0v) is 27.9. The van der Waals surface area contributed by atoms with Gasteiger partial charge in [-0.2, -0.15) is 0 Å². The minimum Gasteiger partial charge on any atom is -0.354 e. The van der Waals surface area contributed by atoms with Crippen molar-refractivity contribution in [2.24, 2.45) is 0 Å². The van der Waals surface area contributed by atoms with Crippen molar-refractivity contribution >= 4 is 50.7 Å². The minimum atomic E-state index is -4.24. The summed E-state index contributed by atoms with van der Waals surface area (Å²) in [5.74, 6) is -0.867. The van der Waals surface area contributed by atoms with Crippen LogP contribution < -0.4 is 9.62 Å². The second-order valence-electron chi connectivity index (χ2n) is 10.9. The average Bonchev–Trinajstić information content (AvgIpc) is 3.03. The van der Waals surface area contributed by atoms with Crippen LogP contribution in [-0.4, -0.2) is 44.3 Å². The smallest absolute Gasteiger partial charge is 0.264 e. The molecule has 1 atom stereocenters. The summed E-state index contributed by atoms with van der Waals surface area (Å²) in [4.78, 5) is 29.7. The van der Waals surface area contributed by atoms with Crippen molar-refractivity contribution in [2.75, 3.05) is 17.4 Å². The van der Waals surface area contributed by atoms with Crippen molar-refractivity contribution in [1.29, 1.82) is 0 Å². The largest absolute Gasteiger partial charge is 0.354 e. The van der Waals surface area contributed by atoms with Gasteiger partial charge in [0.05, 0.1) is 20.6 Å². The van der Waals surface area contributed by atoms with Gasteiger partial charge in [-0.15, -0.1) is 0 Å². The summed E-state index contributed by atoms with van der Waals surface area (Å²) in [7, 11) is -4.24. The van der Waals surface area contributed by atoms with E-state index in [4.69, 9.17) is 23.2 Å². The van der Waals surface area contributed by atoms with E-state index in [1.165, 1.54) is 35.2 Å². The molecule has 2 amide bonds. The van der Waals surface area contributed by atoms with E-state index in [2.05, 4.69) is 5.32 Å². The molecule has 0 heterocycles. The first-order valence-electron chi connectivity index (χ1n) is 14.7. The van der Waals surface area contributed by atoms with Crippen molar-refractivity contribution in [2.45, 2.75) is 51.1 Å². The minimum absolute atomic E-state index is 0.0126. The molecule has 0 aliphatic carbocycles. The van der Waals surface area contributed by atoms with E-state index in [1.807, 2.05) is 75.4 Å². The van der Waals surface area contributed by atoms with Crippen molar-refractivity contribution < 1.29 is 18.0 Å². The average molecular weight is 667 g/mol. The standard InChI is InChI=1S/C35H37Cl2N3O4S/c1-4-20-38-35(42)33(21-27-8-6-5-7-9-27)39(23-28-14-10-25(2)11-15-28)34(41)24-40(29-16-19-31(36)32(37)22-29)45(43,44)30-17-12-26(3)13-18-30/h5-19,22,33H,4,20-21,23-24H2,1-3H3,(H,38,42)/t33-/m1/s1. The molecule has 0 saturated heterocycles. The number of benzene rings is 4. The lowest BCUT2D eigenvalue weighted by molar-refractivity contribution is -0.140. The van der Waals surface area contributed by atoms with Gasteiger partial charge in [-0.25, -0.2) is 8.42 Å². The molecule has 1 N–H and O–H groups in total. The molecule has 10 heteroatoms. The lowest BCUT2D eigenvalue weighted by Gasteiger charge is -2.34. The Bertz CT molecular complexity index is 1710. The van der Waals surface area contributed by atoms with Crippen LogP contribution in [0.3, 0.4) is 0 Å². The van der Waals surface area contributed by atoms with Crippen LogP contribution in [0.15, 0.2) is 102 Å². The molecular formula is C35H37Cl2N3O4S. The van der Waals surface area contributed by atoms with Gasteiger partial charge in [0.15, 0.2) is 0 Å². The molecule has 0 aromatic heterocycles. The maximum absolute atomic E-state index is 14.5. The third-order valence-corrected chi connectivity index (χ3v) is 9.90. The Hall–Kier alpha value is -3.85. The van der Waals surface area contributed by atoms with Crippen molar-refractivity contribution in [1.82, 2.24) is 10.2 Å². The fourth-order valence-electron chi connectivity index (χ4n) is 4.82. The van der Waals surface area contributed by atoms with Crippen molar-refractivity contribution in [3.8, 4) is 0 Å². The molecule has 45 heavy (non-hydrogen) atoms. The lowest BCUT2D eigenvalue weighted by Crippen LogP contribution is -2.53. The van der Waals surface area contributed by atoms with Gasteiger partial charge in [0.2, 0.25) is 11.8 Å². The molecule has 0 radical (unpaired) electrons. The molecule has 7 nitrogen and oxygen atoms in total. The third kappa shape index (κ3) is 8.87. The number of carbonyl (C=O) groups is 2. The van der Waals surface area contributed by atoms with E-state index in [0.717, 1.165) is 33.0 Å². The number of aryl methyl sites for hydroxylation is 2. The van der Waals surface area contributed by atoms with Crippen LogP contribution in [0.1, 0.15) is 35.6 Å². The van der Waals surface area contributed by atoms with Gasteiger partial charge in [0.1, 0.15) is 12.6 Å². The van der Waals surface area contributed by atoms with Crippen molar-refractivity contribution in [3.05, 3.63) is 129 Å². The number of hydrogen-bond acceptors (Lipinski definition) is 4. The van der Waals surface area contributed by atoms with E-state index in [0.29, 0.717) is 6.54 Å². The van der Waals surface area contributed by atoms with Crippen LogP contribution in [0.5, 0.6) is 0 Å². The number of hydrogen-bond donors (Lipinski definition) is 1. The maximum Gasteiger partial charge on any atom is 0.264 e. The number of anilines is 1. The fourth-order valence-corrected chi connectivity index (χ4v) is 6.51. The van der Waals surface area contributed by atoms with Gasteiger partial charge in [-0.1, -0.05) is 108 Å². The molecule has 0 aliphatic heterocycles. The SMILES string of the molecule is CCCNC(=O)[C@@H](Cc1ccccc1)N(Cc1ccc(C)cc1)C(=O)CN(c1ccc(Cl)c(Cl)c1)S(=O)(=O)c1ccc(C)cc1. The first kappa shape index (κ1) is 34.0. The van der Waals surface area contributed by atoms with Gasteiger partial charge >= 0.3 is 0 Å². The molecule has 0 unspecified atom stereocenters. The highest BCUT2D eigenvalue weighted by Crippen LogP contribution is 2.31. The van der Waals surface area contributed by atoms with Crippen LogP contribution in [0.25, 0.3) is 0 Å². The number of rotatable bonds is 13. The molecular weight excluding hydrogens is 629 g/mol. The predicted octanol–water partition coefficient (Wildman–Crippen LogP) is 6.97. The Balaban J connectivity index is 1.81. The second-order valence-corrected chi connectivity index (χ2v) is 13.6. The summed E-state index contributed by atoms with van der Waals surface area (Å²) >= 11 is 12.5. The third-order valence-electron chi connectivity index (χ3n) is 7.37. The normalized spacial score (nSPS) is 11.9. The molecule has 4 aromatic carbocycles. The Morgan fingerprint density at radius 3 is 2.02 bits per heavy atom. The topological polar surface area (TPSA) is 86.8 Å². The number of sulfonamides is 1. The molecule has 0 aliphatic rings. The summed E-state index contributed by atoms with van der Waals surface area (Å²) in [6.45, 7) is 5.73. The van der Waals surface area contributed by atoms with Gasteiger partial charge in [-0.05, 0) is 61.7 Å². The monoisotopic (exact) mass is 665 g/mol. The first-order chi connectivity index (χ1) is 21.5. The molecule has 4 rings (SSSR count). The van der Waals surface area contributed by atoms with E-state index in [9.17, 15) is 18.0 Å². The molecule has 0 fully saturated rings. The van der Waals surface area contributed by atoms with Gasteiger partial charge in [-0.3, -0.25) is 13.9 Å². The zero-order valence-electron chi connectivity index (χ0n) is 25.5. The van der Waals surface area contributed by atoms with E-state index < -0.39 is 28.5 Å². The van der Waals surface area contributed by atoms with Crippen LogP contribution in [0.4, 0.5) is 5.69 Å². The Labute approximate surface area is 275 Å². The van der Waals surface area contributed by atoms with E-state index in [1.54, 1.807) is 12.1 Å². The number of nitrogens with one attached hydrogen (secondary N) is 1. The number of carbonyl (C=O) groups excluding carboxylic acids is 2. The van der Waals surface area contributed by atoms with Gasteiger partial charge in [0, 0.05) is 19.5 Å². The molecule has 0 bridgehead atoms. The summed E-state index contributed by atoms with van der Waals surface area (Å²) in [6, 6.07) is 27.0.